The van der Waals surface area contributed by atoms with Crippen LogP contribution in [0.3, 0.4) is 0 Å². The van der Waals surface area contributed by atoms with E-state index < -0.39 is 5.92 Å². The van der Waals surface area contributed by atoms with Gasteiger partial charge >= 0.3 is 0 Å². The Balaban J connectivity index is 1.99. The second-order valence-corrected chi connectivity index (χ2v) is 5.07. The maximum Gasteiger partial charge on any atom is 0.248 e. The summed E-state index contributed by atoms with van der Waals surface area (Å²) >= 11 is 0. The van der Waals surface area contributed by atoms with Crippen LogP contribution in [0, 0.1) is 5.92 Å². The molecule has 0 aromatic rings. The van der Waals surface area contributed by atoms with Crippen LogP contribution in [0.15, 0.2) is 12.2 Å². The molecule has 0 amide bonds. The lowest BCUT2D eigenvalue weighted by molar-refractivity contribution is -0.0592. The Morgan fingerprint density at radius 3 is 2.27 bits per heavy atom. The highest BCUT2D eigenvalue weighted by atomic mass is 19.3. The fraction of sp³-hybridized carbons (Fsp3) is 0.833. The first-order valence-corrected chi connectivity index (χ1v) is 5.84. The van der Waals surface area contributed by atoms with Gasteiger partial charge in [-0.25, -0.2) is 8.78 Å². The van der Waals surface area contributed by atoms with Crippen LogP contribution in [0.4, 0.5) is 8.78 Å². The van der Waals surface area contributed by atoms with Gasteiger partial charge in [0.25, 0.3) is 0 Å². The second-order valence-electron chi connectivity index (χ2n) is 5.07. The van der Waals surface area contributed by atoms with Gasteiger partial charge < -0.3 is 5.73 Å². The number of rotatable bonds is 1. The first-order chi connectivity index (χ1) is 7.02. The van der Waals surface area contributed by atoms with Gasteiger partial charge in [0.2, 0.25) is 5.92 Å². The highest BCUT2D eigenvalue weighted by Gasteiger charge is 2.44. The zero-order valence-corrected chi connectivity index (χ0v) is 9.02. The lowest BCUT2D eigenvalue weighted by Crippen LogP contribution is -2.51. The van der Waals surface area contributed by atoms with Crippen LogP contribution in [0.1, 0.15) is 44.9 Å². The number of hydrogen-bond acceptors (Lipinski definition) is 1. The van der Waals surface area contributed by atoms with E-state index in [2.05, 4.69) is 12.2 Å². The summed E-state index contributed by atoms with van der Waals surface area (Å²) in [5, 5.41) is 0. The average molecular weight is 215 g/mol. The van der Waals surface area contributed by atoms with Crippen LogP contribution < -0.4 is 5.73 Å². The van der Waals surface area contributed by atoms with Crippen molar-refractivity contribution in [3.63, 3.8) is 0 Å². The average Bonchev–Trinajstić information content (AvgIpc) is 2.24. The predicted octanol–water partition coefficient (Wildman–Crippen LogP) is 3.25. The molecule has 0 saturated heterocycles. The van der Waals surface area contributed by atoms with E-state index in [4.69, 9.17) is 5.73 Å². The number of alkyl halides is 2. The van der Waals surface area contributed by atoms with Gasteiger partial charge in [0.05, 0.1) is 0 Å². The summed E-state index contributed by atoms with van der Waals surface area (Å²) < 4.78 is 26.1. The number of nitrogens with two attached hydrogens (primary N) is 1. The van der Waals surface area contributed by atoms with E-state index >= 15 is 0 Å². The minimum Gasteiger partial charge on any atom is -0.325 e. The Bertz CT molecular complexity index is 250. The molecule has 1 saturated carbocycles. The first-order valence-electron chi connectivity index (χ1n) is 5.84. The van der Waals surface area contributed by atoms with Crippen molar-refractivity contribution in [1.82, 2.24) is 0 Å². The topological polar surface area (TPSA) is 26.0 Å². The molecule has 0 spiro atoms. The Morgan fingerprint density at radius 2 is 1.73 bits per heavy atom. The molecule has 3 heteroatoms. The number of halogens is 2. The van der Waals surface area contributed by atoms with Gasteiger partial charge in [-0.05, 0) is 38.0 Å². The Labute approximate surface area is 89.7 Å². The summed E-state index contributed by atoms with van der Waals surface area (Å²) in [5.74, 6) is -2.05. The SMILES string of the molecule is NC1(C2CC=CCC2)CCC(F)(F)CC1. The minimum atomic E-state index is -2.46. The van der Waals surface area contributed by atoms with Gasteiger partial charge in [0.1, 0.15) is 0 Å². The predicted molar refractivity (Wildman–Crippen MR) is 56.8 cm³/mol. The molecule has 2 N–H and O–H groups in total. The molecule has 2 aliphatic carbocycles. The lowest BCUT2D eigenvalue weighted by Gasteiger charge is -2.43. The van der Waals surface area contributed by atoms with Crippen molar-refractivity contribution < 1.29 is 8.78 Å². The third-order valence-corrected chi connectivity index (χ3v) is 3.99. The molecule has 1 nitrogen and oxygen atoms in total. The van der Waals surface area contributed by atoms with Crippen molar-refractivity contribution in [2.75, 3.05) is 0 Å². The molecule has 2 aliphatic rings. The molecule has 0 aromatic heterocycles. The highest BCUT2D eigenvalue weighted by molar-refractivity contribution is 5.03. The minimum absolute atomic E-state index is 0.0241. The van der Waals surface area contributed by atoms with Gasteiger partial charge in [-0.3, -0.25) is 0 Å². The first kappa shape index (κ1) is 11.1. The summed E-state index contributed by atoms with van der Waals surface area (Å²) in [7, 11) is 0. The normalized spacial score (nSPS) is 33.9. The standard InChI is InChI=1S/C12H19F2N/c13-12(14)8-6-11(15,7-9-12)10-4-2-1-3-5-10/h1-2,10H,3-9,15H2. The number of hydrogen-bond donors (Lipinski definition) is 1. The van der Waals surface area contributed by atoms with Crippen LogP contribution in [0.5, 0.6) is 0 Å². The molecule has 1 unspecified atom stereocenters. The van der Waals surface area contributed by atoms with Crippen molar-refractivity contribution in [2.24, 2.45) is 11.7 Å². The van der Waals surface area contributed by atoms with E-state index in [1.165, 1.54) is 0 Å². The fourth-order valence-corrected chi connectivity index (χ4v) is 2.81. The molecule has 0 aromatic carbocycles. The van der Waals surface area contributed by atoms with Gasteiger partial charge in [-0.2, -0.15) is 0 Å². The van der Waals surface area contributed by atoms with E-state index in [-0.39, 0.29) is 18.4 Å². The molecule has 86 valence electrons. The molecule has 15 heavy (non-hydrogen) atoms. The van der Waals surface area contributed by atoms with E-state index in [9.17, 15) is 8.78 Å². The van der Waals surface area contributed by atoms with Gasteiger partial charge in [-0.1, -0.05) is 12.2 Å². The van der Waals surface area contributed by atoms with Crippen LogP contribution in [-0.4, -0.2) is 11.5 Å². The smallest absolute Gasteiger partial charge is 0.248 e. The summed E-state index contributed by atoms with van der Waals surface area (Å²) in [5.41, 5.74) is 5.96. The van der Waals surface area contributed by atoms with Crippen molar-refractivity contribution in [1.29, 1.82) is 0 Å². The molecule has 0 aliphatic heterocycles. The Morgan fingerprint density at radius 1 is 1.07 bits per heavy atom. The van der Waals surface area contributed by atoms with Gasteiger partial charge in [-0.15, -0.1) is 0 Å². The zero-order valence-electron chi connectivity index (χ0n) is 9.02. The molecular formula is C12H19F2N. The fourth-order valence-electron chi connectivity index (χ4n) is 2.81. The van der Waals surface area contributed by atoms with E-state index in [1.807, 2.05) is 0 Å². The molecule has 1 atom stereocenters. The van der Waals surface area contributed by atoms with E-state index in [0.29, 0.717) is 18.8 Å². The maximum absolute atomic E-state index is 13.0. The monoisotopic (exact) mass is 215 g/mol. The van der Waals surface area contributed by atoms with Crippen molar-refractivity contribution >= 4 is 0 Å². The summed E-state index contributed by atoms with van der Waals surface area (Å²) in [4.78, 5) is 0. The van der Waals surface area contributed by atoms with Gasteiger partial charge in [0.15, 0.2) is 0 Å². The summed E-state index contributed by atoms with van der Waals surface area (Å²) in [6, 6.07) is 0. The van der Waals surface area contributed by atoms with Crippen molar-refractivity contribution in [2.45, 2.75) is 56.4 Å². The van der Waals surface area contributed by atoms with Crippen molar-refractivity contribution in [3.8, 4) is 0 Å². The quantitative estimate of drug-likeness (QED) is 0.667. The highest BCUT2D eigenvalue weighted by Crippen LogP contribution is 2.43. The van der Waals surface area contributed by atoms with Crippen LogP contribution in [-0.2, 0) is 0 Å². The molecule has 2 rings (SSSR count). The molecule has 1 fully saturated rings. The van der Waals surface area contributed by atoms with Crippen LogP contribution >= 0.6 is 0 Å². The van der Waals surface area contributed by atoms with Gasteiger partial charge in [0, 0.05) is 18.4 Å². The Kier molecular flexibility index (Phi) is 2.84. The number of allylic oxidation sites excluding steroid dienone is 2. The zero-order chi connectivity index (χ0) is 10.9. The summed E-state index contributed by atoms with van der Waals surface area (Å²) in [6.07, 6.45) is 8.33. The largest absolute Gasteiger partial charge is 0.325 e. The Hall–Kier alpha value is -0.440. The third kappa shape index (κ3) is 2.39. The molecule has 0 heterocycles. The van der Waals surface area contributed by atoms with Crippen LogP contribution in [0.2, 0.25) is 0 Å². The second kappa shape index (κ2) is 3.85. The molecule has 0 bridgehead atoms. The van der Waals surface area contributed by atoms with E-state index in [1.54, 1.807) is 0 Å². The van der Waals surface area contributed by atoms with Crippen LogP contribution in [0.25, 0.3) is 0 Å². The molecular weight excluding hydrogens is 196 g/mol. The molecule has 0 radical (unpaired) electrons. The van der Waals surface area contributed by atoms with E-state index in [0.717, 1.165) is 19.3 Å². The summed E-state index contributed by atoms with van der Waals surface area (Å²) in [6.45, 7) is 0. The maximum atomic E-state index is 13.0. The van der Waals surface area contributed by atoms with Crippen molar-refractivity contribution in [3.05, 3.63) is 12.2 Å². The lowest BCUT2D eigenvalue weighted by atomic mass is 9.68. The third-order valence-electron chi connectivity index (χ3n) is 3.99.